The minimum atomic E-state index is 0.141. The van der Waals surface area contributed by atoms with Gasteiger partial charge < -0.3 is 15.4 Å². The van der Waals surface area contributed by atoms with Crippen molar-refractivity contribution in [3.63, 3.8) is 0 Å². The van der Waals surface area contributed by atoms with Crippen molar-refractivity contribution in [3.05, 3.63) is 52.6 Å². The third kappa shape index (κ3) is 7.34. The van der Waals surface area contributed by atoms with Crippen molar-refractivity contribution < 1.29 is 14.3 Å². The predicted molar refractivity (Wildman–Crippen MR) is 142 cm³/mol. The van der Waals surface area contributed by atoms with Crippen molar-refractivity contribution >= 4 is 23.1 Å². The van der Waals surface area contributed by atoms with Crippen molar-refractivity contribution in [1.29, 1.82) is 0 Å². The first-order valence-corrected chi connectivity index (χ1v) is 12.5. The van der Waals surface area contributed by atoms with E-state index >= 15 is 0 Å². The number of amides is 1. The lowest BCUT2D eigenvalue weighted by Crippen LogP contribution is -2.27. The molecule has 1 fully saturated rings. The van der Waals surface area contributed by atoms with E-state index in [9.17, 15) is 9.59 Å². The first-order valence-electron chi connectivity index (χ1n) is 12.5. The fraction of sp³-hybridized carbons (Fsp3) is 0.517. The van der Waals surface area contributed by atoms with E-state index in [1.165, 1.54) is 24.8 Å². The minimum Gasteiger partial charge on any atom is -0.496 e. The van der Waals surface area contributed by atoms with Gasteiger partial charge in [0.05, 0.1) is 7.11 Å². The molecule has 0 aliphatic heterocycles. The van der Waals surface area contributed by atoms with Gasteiger partial charge in [0.15, 0.2) is 5.78 Å². The zero-order valence-corrected chi connectivity index (χ0v) is 22.0. The highest BCUT2D eigenvalue weighted by Crippen LogP contribution is 2.32. The molecule has 1 aliphatic carbocycles. The summed E-state index contributed by atoms with van der Waals surface area (Å²) in [6.45, 7) is 9.98. The molecule has 0 saturated heterocycles. The summed E-state index contributed by atoms with van der Waals surface area (Å²) < 4.78 is 5.29. The second-order valence-corrected chi connectivity index (χ2v) is 9.28. The van der Waals surface area contributed by atoms with Crippen molar-refractivity contribution in [1.82, 2.24) is 0 Å². The Morgan fingerprint density at radius 2 is 1.65 bits per heavy atom. The van der Waals surface area contributed by atoms with E-state index < -0.39 is 0 Å². The van der Waals surface area contributed by atoms with Gasteiger partial charge in [-0.05, 0) is 93.7 Å². The van der Waals surface area contributed by atoms with E-state index in [2.05, 4.69) is 30.5 Å². The number of aryl methyl sites for hydroxylation is 2. The van der Waals surface area contributed by atoms with Gasteiger partial charge in [-0.1, -0.05) is 26.3 Å². The molecule has 2 aromatic rings. The van der Waals surface area contributed by atoms with Crippen LogP contribution in [0.25, 0.3) is 0 Å². The van der Waals surface area contributed by atoms with Gasteiger partial charge in [0.1, 0.15) is 5.75 Å². The zero-order valence-electron chi connectivity index (χ0n) is 22.0. The zero-order chi connectivity index (χ0) is 25.3. The number of nitrogens with one attached hydrogen (secondary N) is 2. The standard InChI is InChI=1S/C17H25NO2.C12H17NO/c1-4-13-6-8-14(9-7-13)17(19)18-15-10-5-12(2)16(11-15)20-3;1-5-11-8(2)6-10(13-4)7-12(11)9(3)14/h5,10-11,13-14H,4,6-9H2,1-3H3,(H,18,19);6-7,13H,5H2,1-4H3. The fourth-order valence-corrected chi connectivity index (χ4v) is 4.72. The van der Waals surface area contributed by atoms with Crippen LogP contribution in [-0.4, -0.2) is 25.8 Å². The van der Waals surface area contributed by atoms with Gasteiger partial charge in [-0.25, -0.2) is 0 Å². The Bertz CT molecular complexity index is 976. The number of ether oxygens (including phenoxy) is 1. The van der Waals surface area contributed by atoms with Gasteiger partial charge in [-0.2, -0.15) is 0 Å². The Morgan fingerprint density at radius 1 is 0.971 bits per heavy atom. The van der Waals surface area contributed by atoms with Crippen LogP contribution in [0.3, 0.4) is 0 Å². The number of methoxy groups -OCH3 is 1. The van der Waals surface area contributed by atoms with E-state index in [1.807, 2.05) is 45.2 Å². The third-order valence-electron chi connectivity index (χ3n) is 6.96. The number of Topliss-reactive ketones (excluding diaryl/α,β-unsaturated/α-hetero) is 1. The van der Waals surface area contributed by atoms with Gasteiger partial charge >= 0.3 is 0 Å². The van der Waals surface area contributed by atoms with Crippen LogP contribution in [-0.2, 0) is 11.2 Å². The number of ketones is 1. The molecule has 186 valence electrons. The number of carbonyl (C=O) groups is 2. The molecule has 3 rings (SSSR count). The first-order chi connectivity index (χ1) is 16.2. The van der Waals surface area contributed by atoms with Crippen LogP contribution in [0.1, 0.15) is 79.9 Å². The monoisotopic (exact) mass is 466 g/mol. The van der Waals surface area contributed by atoms with E-state index in [-0.39, 0.29) is 17.6 Å². The molecule has 1 saturated carbocycles. The Labute approximate surface area is 205 Å². The van der Waals surface area contributed by atoms with Crippen LogP contribution in [0.2, 0.25) is 0 Å². The average Bonchev–Trinajstić information content (AvgIpc) is 2.84. The summed E-state index contributed by atoms with van der Waals surface area (Å²) in [6.07, 6.45) is 6.56. The van der Waals surface area contributed by atoms with E-state index in [0.717, 1.165) is 59.0 Å². The molecular formula is C29H42N2O3. The molecule has 5 heteroatoms. The third-order valence-corrected chi connectivity index (χ3v) is 6.96. The van der Waals surface area contributed by atoms with Crippen LogP contribution in [0, 0.1) is 25.7 Å². The molecule has 0 atom stereocenters. The van der Waals surface area contributed by atoms with Crippen LogP contribution >= 0.6 is 0 Å². The largest absolute Gasteiger partial charge is 0.496 e. The van der Waals surface area contributed by atoms with E-state index in [4.69, 9.17) is 4.74 Å². The maximum atomic E-state index is 12.3. The summed E-state index contributed by atoms with van der Waals surface area (Å²) in [6, 6.07) is 9.81. The van der Waals surface area contributed by atoms with E-state index in [1.54, 1.807) is 14.0 Å². The van der Waals surface area contributed by atoms with Crippen molar-refractivity contribution in [2.24, 2.45) is 11.8 Å². The van der Waals surface area contributed by atoms with Crippen LogP contribution in [0.15, 0.2) is 30.3 Å². The van der Waals surface area contributed by atoms with Crippen molar-refractivity contribution in [2.45, 2.75) is 73.1 Å². The molecule has 0 heterocycles. The Morgan fingerprint density at radius 3 is 2.18 bits per heavy atom. The maximum absolute atomic E-state index is 12.3. The number of rotatable bonds is 7. The molecule has 5 nitrogen and oxygen atoms in total. The Kier molecular flexibility index (Phi) is 10.6. The van der Waals surface area contributed by atoms with Crippen LogP contribution in [0.5, 0.6) is 5.75 Å². The van der Waals surface area contributed by atoms with Gasteiger partial charge in [0.2, 0.25) is 5.91 Å². The van der Waals surface area contributed by atoms with E-state index in [0.29, 0.717) is 0 Å². The molecule has 34 heavy (non-hydrogen) atoms. The normalized spacial score (nSPS) is 17.3. The maximum Gasteiger partial charge on any atom is 0.227 e. The summed E-state index contributed by atoms with van der Waals surface area (Å²) in [5.74, 6) is 2.11. The lowest BCUT2D eigenvalue weighted by atomic mass is 9.80. The summed E-state index contributed by atoms with van der Waals surface area (Å²) in [5.41, 5.74) is 6.10. The van der Waals surface area contributed by atoms with Gasteiger partial charge in [-0.3, -0.25) is 9.59 Å². The molecule has 1 amide bonds. The summed E-state index contributed by atoms with van der Waals surface area (Å²) in [7, 11) is 3.52. The SMILES string of the molecule is CCC1CCC(C(=O)Nc2ccc(C)c(OC)c2)CC1.CCc1c(C)cc(NC)cc1C(C)=O. The highest BCUT2D eigenvalue weighted by atomic mass is 16.5. The highest BCUT2D eigenvalue weighted by Gasteiger charge is 2.25. The van der Waals surface area contributed by atoms with Crippen molar-refractivity contribution in [2.75, 3.05) is 24.8 Å². The first kappa shape index (κ1) is 27.4. The second-order valence-electron chi connectivity index (χ2n) is 9.28. The topological polar surface area (TPSA) is 67.4 Å². The van der Waals surface area contributed by atoms with Crippen molar-refractivity contribution in [3.8, 4) is 5.75 Å². The summed E-state index contributed by atoms with van der Waals surface area (Å²) in [5, 5.41) is 6.09. The highest BCUT2D eigenvalue weighted by molar-refractivity contribution is 5.97. The predicted octanol–water partition coefficient (Wildman–Crippen LogP) is 6.96. The summed E-state index contributed by atoms with van der Waals surface area (Å²) >= 11 is 0. The molecule has 2 aromatic carbocycles. The number of hydrogen-bond donors (Lipinski definition) is 2. The average molecular weight is 467 g/mol. The lowest BCUT2D eigenvalue weighted by molar-refractivity contribution is -0.121. The quantitative estimate of drug-likeness (QED) is 0.433. The molecule has 0 radical (unpaired) electrons. The molecule has 0 spiro atoms. The van der Waals surface area contributed by atoms with Gasteiger partial charge in [0, 0.05) is 36.0 Å². The number of benzene rings is 2. The molecule has 0 bridgehead atoms. The van der Waals surface area contributed by atoms with Crippen LogP contribution in [0.4, 0.5) is 11.4 Å². The Hall–Kier alpha value is -2.82. The molecule has 2 N–H and O–H groups in total. The van der Waals surface area contributed by atoms with Gasteiger partial charge in [0.25, 0.3) is 0 Å². The Balaban J connectivity index is 0.000000257. The smallest absolute Gasteiger partial charge is 0.227 e. The number of carbonyl (C=O) groups excluding carboxylic acids is 2. The number of anilines is 2. The number of hydrogen-bond acceptors (Lipinski definition) is 4. The molecule has 1 aliphatic rings. The van der Waals surface area contributed by atoms with Gasteiger partial charge in [-0.15, -0.1) is 0 Å². The lowest BCUT2D eigenvalue weighted by Gasteiger charge is -2.27. The molecular weight excluding hydrogens is 424 g/mol. The molecule has 0 aromatic heterocycles. The fourth-order valence-electron chi connectivity index (χ4n) is 4.72. The summed E-state index contributed by atoms with van der Waals surface area (Å²) in [4.78, 5) is 23.7. The molecule has 0 unspecified atom stereocenters. The second kappa shape index (κ2) is 13.2. The van der Waals surface area contributed by atoms with Crippen LogP contribution < -0.4 is 15.4 Å². The minimum absolute atomic E-state index is 0.141.